The molecule has 1 aliphatic rings. The van der Waals surface area contributed by atoms with Gasteiger partial charge in [-0.2, -0.15) is 0 Å². The zero-order valence-corrected chi connectivity index (χ0v) is 13.7. The van der Waals surface area contributed by atoms with Crippen molar-refractivity contribution >= 4 is 27.7 Å². The van der Waals surface area contributed by atoms with E-state index in [-0.39, 0.29) is 12.6 Å². The first kappa shape index (κ1) is 17.5. The van der Waals surface area contributed by atoms with Crippen LogP contribution in [0.5, 0.6) is 0 Å². The third-order valence-corrected chi connectivity index (χ3v) is 3.82. The molecular weight excluding hydrogens is 379 g/mol. The van der Waals surface area contributed by atoms with Crippen molar-refractivity contribution in [3.05, 3.63) is 45.3 Å². The summed E-state index contributed by atoms with van der Waals surface area (Å²) in [6, 6.07) is 0.552. The second kappa shape index (κ2) is 7.16. The third kappa shape index (κ3) is 3.93. The number of nitrogens with one attached hydrogen (secondary N) is 1. The highest BCUT2D eigenvalue weighted by molar-refractivity contribution is 9.10. The van der Waals surface area contributed by atoms with Gasteiger partial charge in [0.1, 0.15) is 5.57 Å². The normalized spacial score (nSPS) is 14.6. The predicted molar refractivity (Wildman–Crippen MR) is 79.2 cm³/mol. The van der Waals surface area contributed by atoms with Crippen LogP contribution in [0.3, 0.4) is 0 Å². The molecule has 8 heteroatoms. The minimum Gasteiger partial charge on any atom is -0.462 e. The highest BCUT2D eigenvalue weighted by atomic mass is 79.9. The summed E-state index contributed by atoms with van der Waals surface area (Å²) in [7, 11) is 0. The molecule has 0 unspecified atom stereocenters. The fraction of sp³-hybridized carbons (Fsp3) is 0.333. The van der Waals surface area contributed by atoms with Crippen LogP contribution in [0, 0.1) is 17.5 Å². The van der Waals surface area contributed by atoms with Gasteiger partial charge in [0, 0.05) is 12.2 Å². The minimum absolute atomic E-state index is 0.0108. The number of hydrogen-bond donors (Lipinski definition) is 1. The van der Waals surface area contributed by atoms with E-state index in [9.17, 15) is 22.8 Å². The van der Waals surface area contributed by atoms with Gasteiger partial charge in [-0.15, -0.1) is 0 Å². The molecule has 1 aliphatic carbocycles. The SMILES string of the molecule is CCOC(=O)C(=CNC1CC1)C(=O)c1cc(F)c(F)c(Br)c1F. The van der Waals surface area contributed by atoms with Crippen molar-refractivity contribution in [1.82, 2.24) is 5.32 Å². The molecule has 0 heterocycles. The van der Waals surface area contributed by atoms with Crippen LogP contribution >= 0.6 is 15.9 Å². The summed E-state index contributed by atoms with van der Waals surface area (Å²) in [5.41, 5.74) is -1.23. The van der Waals surface area contributed by atoms with E-state index in [1.165, 1.54) is 0 Å². The highest BCUT2D eigenvalue weighted by Gasteiger charge is 2.28. The van der Waals surface area contributed by atoms with Crippen molar-refractivity contribution in [3.63, 3.8) is 0 Å². The van der Waals surface area contributed by atoms with Gasteiger partial charge in [-0.05, 0) is 41.8 Å². The van der Waals surface area contributed by atoms with Crippen molar-refractivity contribution in [2.75, 3.05) is 6.61 Å². The number of ether oxygens (including phenoxy) is 1. The lowest BCUT2D eigenvalue weighted by Crippen LogP contribution is -2.21. The van der Waals surface area contributed by atoms with Crippen molar-refractivity contribution in [2.24, 2.45) is 0 Å². The van der Waals surface area contributed by atoms with Gasteiger partial charge < -0.3 is 10.1 Å². The maximum Gasteiger partial charge on any atom is 0.343 e. The van der Waals surface area contributed by atoms with Crippen LogP contribution in [0.25, 0.3) is 0 Å². The second-order valence-electron chi connectivity index (χ2n) is 4.90. The maximum atomic E-state index is 14.0. The molecule has 2 rings (SSSR count). The molecule has 23 heavy (non-hydrogen) atoms. The number of esters is 1. The van der Waals surface area contributed by atoms with E-state index in [4.69, 9.17) is 4.74 Å². The lowest BCUT2D eigenvalue weighted by molar-refractivity contribution is -0.138. The molecule has 4 nitrogen and oxygen atoms in total. The minimum atomic E-state index is -1.45. The van der Waals surface area contributed by atoms with E-state index in [1.54, 1.807) is 6.92 Å². The van der Waals surface area contributed by atoms with E-state index >= 15 is 0 Å². The van der Waals surface area contributed by atoms with E-state index in [1.807, 2.05) is 0 Å². The van der Waals surface area contributed by atoms with Gasteiger partial charge in [-0.25, -0.2) is 18.0 Å². The fourth-order valence-corrected chi connectivity index (χ4v) is 2.16. The second-order valence-corrected chi connectivity index (χ2v) is 5.69. The summed E-state index contributed by atoms with van der Waals surface area (Å²) in [4.78, 5) is 24.3. The summed E-state index contributed by atoms with van der Waals surface area (Å²) in [6.45, 7) is 1.56. The van der Waals surface area contributed by atoms with Crippen LogP contribution in [0.2, 0.25) is 0 Å². The van der Waals surface area contributed by atoms with E-state index in [0.717, 1.165) is 19.0 Å². The number of ketones is 1. The molecule has 1 aromatic rings. The summed E-state index contributed by atoms with van der Waals surface area (Å²) < 4.78 is 44.7. The third-order valence-electron chi connectivity index (χ3n) is 3.13. The molecule has 1 N–H and O–H groups in total. The van der Waals surface area contributed by atoms with Gasteiger partial charge in [-0.1, -0.05) is 0 Å². The maximum absolute atomic E-state index is 14.0. The molecule has 0 radical (unpaired) electrons. The zero-order chi connectivity index (χ0) is 17.1. The average molecular weight is 392 g/mol. The van der Waals surface area contributed by atoms with Gasteiger partial charge in [-0.3, -0.25) is 4.79 Å². The Hall–Kier alpha value is -1.83. The molecule has 0 saturated heterocycles. The Morgan fingerprint density at radius 1 is 1.35 bits per heavy atom. The first-order valence-corrected chi connectivity index (χ1v) is 7.67. The Labute approximate surface area is 138 Å². The molecule has 124 valence electrons. The zero-order valence-electron chi connectivity index (χ0n) is 12.1. The van der Waals surface area contributed by atoms with Crippen molar-refractivity contribution in [3.8, 4) is 0 Å². The predicted octanol–water partition coefficient (Wildman–Crippen LogP) is 3.25. The molecule has 0 atom stereocenters. The van der Waals surface area contributed by atoms with Crippen LogP contribution in [0.1, 0.15) is 30.1 Å². The Bertz CT molecular complexity index is 687. The monoisotopic (exact) mass is 391 g/mol. The van der Waals surface area contributed by atoms with Crippen LogP contribution in [-0.4, -0.2) is 24.4 Å². The number of rotatable bonds is 6. The van der Waals surface area contributed by atoms with Gasteiger partial charge in [0.25, 0.3) is 0 Å². The molecule has 0 aliphatic heterocycles. The van der Waals surface area contributed by atoms with Gasteiger partial charge in [0.05, 0.1) is 16.6 Å². The molecule has 1 saturated carbocycles. The number of hydrogen-bond acceptors (Lipinski definition) is 4. The lowest BCUT2D eigenvalue weighted by Gasteiger charge is -2.09. The lowest BCUT2D eigenvalue weighted by atomic mass is 10.0. The number of benzene rings is 1. The Kier molecular flexibility index (Phi) is 5.46. The summed E-state index contributed by atoms with van der Waals surface area (Å²) in [6.07, 6.45) is 2.89. The molecular formula is C15H13BrF3NO3. The van der Waals surface area contributed by atoms with Crippen molar-refractivity contribution in [1.29, 1.82) is 0 Å². The van der Waals surface area contributed by atoms with Gasteiger partial charge >= 0.3 is 5.97 Å². The highest BCUT2D eigenvalue weighted by Crippen LogP contribution is 2.27. The average Bonchev–Trinajstić information content (AvgIpc) is 3.33. The first-order chi connectivity index (χ1) is 10.9. The Morgan fingerprint density at radius 3 is 2.57 bits per heavy atom. The van der Waals surface area contributed by atoms with E-state index in [0.29, 0.717) is 6.07 Å². The number of halogens is 4. The molecule has 0 bridgehead atoms. The van der Waals surface area contributed by atoms with Crippen LogP contribution in [-0.2, 0) is 9.53 Å². The largest absolute Gasteiger partial charge is 0.462 e. The molecule has 0 aromatic heterocycles. The quantitative estimate of drug-likeness (QED) is 0.154. The standard InChI is InChI=1S/C15H13BrF3NO3/c1-2-23-15(22)9(6-20-7-3-4-7)14(21)8-5-10(17)13(19)11(16)12(8)18/h5-7,20H,2-4H2,1H3. The van der Waals surface area contributed by atoms with Crippen LogP contribution in [0.15, 0.2) is 22.3 Å². The van der Waals surface area contributed by atoms with Crippen molar-refractivity contribution < 1.29 is 27.5 Å². The Balaban J connectivity index is 2.40. The smallest absolute Gasteiger partial charge is 0.343 e. The first-order valence-electron chi connectivity index (χ1n) is 6.87. The molecule has 0 spiro atoms. The number of carbonyl (C=O) groups excluding carboxylic acids is 2. The fourth-order valence-electron chi connectivity index (χ4n) is 1.76. The summed E-state index contributed by atoms with van der Waals surface area (Å²) >= 11 is 2.54. The van der Waals surface area contributed by atoms with Crippen molar-refractivity contribution in [2.45, 2.75) is 25.8 Å². The summed E-state index contributed by atoms with van der Waals surface area (Å²) in [5.74, 6) is -6.19. The Morgan fingerprint density at radius 2 is 2.00 bits per heavy atom. The summed E-state index contributed by atoms with van der Waals surface area (Å²) in [5, 5.41) is 2.82. The van der Waals surface area contributed by atoms with Crippen LogP contribution in [0.4, 0.5) is 13.2 Å². The van der Waals surface area contributed by atoms with Crippen LogP contribution < -0.4 is 5.32 Å². The van der Waals surface area contributed by atoms with E-state index < -0.39 is 44.8 Å². The molecule has 1 aromatic carbocycles. The van der Waals surface area contributed by atoms with Gasteiger partial charge in [0.2, 0.25) is 5.78 Å². The molecule has 0 amide bonds. The molecule has 1 fully saturated rings. The number of carbonyl (C=O) groups is 2. The van der Waals surface area contributed by atoms with E-state index in [2.05, 4.69) is 21.2 Å². The number of Topliss-reactive ketones (excluding diaryl/α,β-unsaturated/α-hetero) is 1. The van der Waals surface area contributed by atoms with Gasteiger partial charge in [0.15, 0.2) is 17.5 Å². The topological polar surface area (TPSA) is 55.4 Å².